The summed E-state index contributed by atoms with van der Waals surface area (Å²) in [7, 11) is -7.46. The predicted molar refractivity (Wildman–Crippen MR) is 93.7 cm³/mol. The van der Waals surface area contributed by atoms with Crippen LogP contribution in [0, 0.1) is 5.82 Å². The molecule has 140 valence electrons. The van der Waals surface area contributed by atoms with Crippen LogP contribution in [-0.2, 0) is 19.9 Å². The molecule has 1 aliphatic heterocycles. The maximum atomic E-state index is 13.0. The van der Waals surface area contributed by atoms with Crippen molar-refractivity contribution in [1.29, 1.82) is 0 Å². The second-order valence-corrected chi connectivity index (χ2v) is 10.0. The molecule has 26 heavy (non-hydrogen) atoms. The summed E-state index contributed by atoms with van der Waals surface area (Å²) in [6, 6.07) is 10.5. The van der Waals surface area contributed by atoms with Crippen molar-refractivity contribution in [2.45, 2.75) is 22.0 Å². The van der Waals surface area contributed by atoms with Crippen LogP contribution in [0.15, 0.2) is 58.3 Å². The maximum absolute atomic E-state index is 13.0. The first-order chi connectivity index (χ1) is 12.2. The molecule has 1 fully saturated rings. The van der Waals surface area contributed by atoms with Crippen LogP contribution in [0.4, 0.5) is 4.39 Å². The first-order valence-corrected chi connectivity index (χ1v) is 11.0. The van der Waals surface area contributed by atoms with Crippen molar-refractivity contribution in [3.05, 3.63) is 54.3 Å². The van der Waals surface area contributed by atoms with Crippen LogP contribution in [0.2, 0.25) is 0 Å². The SMILES string of the molecule is CCOc1ccc(S(=O)(=O)N2CC(S(=O)(=O)c3ccc(F)cc3)C2)cc1. The molecule has 0 amide bonds. The third kappa shape index (κ3) is 3.46. The quantitative estimate of drug-likeness (QED) is 0.695. The number of rotatable bonds is 6. The number of benzene rings is 2. The van der Waals surface area contributed by atoms with Crippen molar-refractivity contribution < 1.29 is 26.0 Å². The summed E-state index contributed by atoms with van der Waals surface area (Å²) in [5.74, 6) is 0.0316. The Morgan fingerprint density at radius 1 is 0.962 bits per heavy atom. The van der Waals surface area contributed by atoms with Gasteiger partial charge < -0.3 is 4.74 Å². The third-order valence-corrected chi connectivity index (χ3v) is 8.12. The molecule has 0 aliphatic carbocycles. The average Bonchev–Trinajstić information content (AvgIpc) is 2.54. The molecule has 0 bridgehead atoms. The van der Waals surface area contributed by atoms with Crippen LogP contribution in [0.3, 0.4) is 0 Å². The van der Waals surface area contributed by atoms with Gasteiger partial charge in [0.2, 0.25) is 10.0 Å². The highest BCUT2D eigenvalue weighted by Gasteiger charge is 2.44. The highest BCUT2D eigenvalue weighted by Crippen LogP contribution is 2.29. The van der Waals surface area contributed by atoms with Gasteiger partial charge in [-0.05, 0) is 55.5 Å². The van der Waals surface area contributed by atoms with Gasteiger partial charge in [0.1, 0.15) is 11.6 Å². The lowest BCUT2D eigenvalue weighted by Crippen LogP contribution is -2.56. The van der Waals surface area contributed by atoms with Crippen molar-refractivity contribution in [2.75, 3.05) is 19.7 Å². The second kappa shape index (κ2) is 6.98. The molecule has 0 unspecified atom stereocenters. The monoisotopic (exact) mass is 399 g/mol. The predicted octanol–water partition coefficient (Wildman–Crippen LogP) is 2.07. The Morgan fingerprint density at radius 2 is 1.50 bits per heavy atom. The van der Waals surface area contributed by atoms with E-state index in [0.717, 1.165) is 16.4 Å². The number of sulfonamides is 1. The number of hydrogen-bond donors (Lipinski definition) is 0. The van der Waals surface area contributed by atoms with Gasteiger partial charge in [-0.25, -0.2) is 21.2 Å². The molecule has 1 heterocycles. The zero-order chi connectivity index (χ0) is 18.9. The van der Waals surface area contributed by atoms with Crippen LogP contribution in [-0.4, -0.2) is 46.1 Å². The fourth-order valence-corrected chi connectivity index (χ4v) is 6.01. The van der Waals surface area contributed by atoms with E-state index in [2.05, 4.69) is 0 Å². The number of halogens is 1. The summed E-state index contributed by atoms with van der Waals surface area (Å²) in [4.78, 5) is 0.0700. The van der Waals surface area contributed by atoms with Gasteiger partial charge >= 0.3 is 0 Å². The zero-order valence-electron chi connectivity index (χ0n) is 14.0. The van der Waals surface area contributed by atoms with Crippen LogP contribution in [0.5, 0.6) is 5.75 Å². The van der Waals surface area contributed by atoms with E-state index in [1.807, 2.05) is 6.92 Å². The van der Waals surface area contributed by atoms with Gasteiger partial charge in [0.15, 0.2) is 9.84 Å². The standard InChI is InChI=1S/C17H18FNO5S2/c1-2-24-14-5-9-16(10-6-14)26(22,23)19-11-17(12-19)25(20,21)15-7-3-13(18)4-8-15/h3-10,17H,2,11-12H2,1H3. The lowest BCUT2D eigenvalue weighted by atomic mass is 10.3. The molecule has 6 nitrogen and oxygen atoms in total. The molecule has 0 saturated carbocycles. The minimum absolute atomic E-state index is 0.0120. The molecular weight excluding hydrogens is 381 g/mol. The van der Waals surface area contributed by atoms with Gasteiger partial charge in [-0.2, -0.15) is 4.31 Å². The van der Waals surface area contributed by atoms with Crippen molar-refractivity contribution >= 4 is 19.9 Å². The second-order valence-electron chi connectivity index (χ2n) is 5.85. The van der Waals surface area contributed by atoms with Gasteiger partial charge in [-0.3, -0.25) is 0 Å². The molecule has 0 radical (unpaired) electrons. The van der Waals surface area contributed by atoms with Gasteiger partial charge in [-0.15, -0.1) is 0 Å². The third-order valence-electron chi connectivity index (χ3n) is 4.17. The molecule has 2 aromatic rings. The summed E-state index contributed by atoms with van der Waals surface area (Å²) in [5.41, 5.74) is 0. The zero-order valence-corrected chi connectivity index (χ0v) is 15.6. The molecule has 2 aromatic carbocycles. The van der Waals surface area contributed by atoms with Gasteiger partial charge in [0.05, 0.1) is 21.6 Å². The molecule has 0 spiro atoms. The van der Waals surface area contributed by atoms with Gasteiger partial charge in [-0.1, -0.05) is 0 Å². The number of sulfone groups is 1. The number of nitrogens with zero attached hydrogens (tertiary/aromatic N) is 1. The van der Waals surface area contributed by atoms with Crippen LogP contribution < -0.4 is 4.74 Å². The molecule has 0 aromatic heterocycles. The summed E-state index contributed by atoms with van der Waals surface area (Å²) < 4.78 is 69.5. The highest BCUT2D eigenvalue weighted by molar-refractivity contribution is 7.92. The largest absolute Gasteiger partial charge is 0.494 e. The van der Waals surface area contributed by atoms with E-state index in [4.69, 9.17) is 4.74 Å². The molecule has 1 aliphatic rings. The topological polar surface area (TPSA) is 80.8 Å². The minimum atomic E-state index is -3.76. The lowest BCUT2D eigenvalue weighted by Gasteiger charge is -2.37. The van der Waals surface area contributed by atoms with Crippen LogP contribution in [0.1, 0.15) is 6.92 Å². The Morgan fingerprint density at radius 3 is 2.04 bits per heavy atom. The van der Waals surface area contributed by atoms with Crippen LogP contribution in [0.25, 0.3) is 0 Å². The Kier molecular flexibility index (Phi) is 5.05. The fraction of sp³-hybridized carbons (Fsp3) is 0.294. The fourth-order valence-electron chi connectivity index (χ4n) is 2.63. The van der Waals surface area contributed by atoms with E-state index in [0.29, 0.717) is 12.4 Å². The smallest absolute Gasteiger partial charge is 0.243 e. The average molecular weight is 399 g/mol. The Balaban J connectivity index is 1.73. The van der Waals surface area contributed by atoms with Crippen molar-refractivity contribution in [3.8, 4) is 5.75 Å². The highest BCUT2D eigenvalue weighted by atomic mass is 32.2. The molecule has 1 saturated heterocycles. The molecule has 3 rings (SSSR count). The van der Waals surface area contributed by atoms with E-state index in [1.54, 1.807) is 12.1 Å². The number of ether oxygens (including phenoxy) is 1. The first-order valence-electron chi connectivity index (χ1n) is 7.97. The summed E-state index contributed by atoms with van der Waals surface area (Å²) in [6.45, 7) is 2.04. The lowest BCUT2D eigenvalue weighted by molar-refractivity contribution is 0.309. The van der Waals surface area contributed by atoms with E-state index < -0.39 is 30.9 Å². The summed E-state index contributed by atoms with van der Waals surface area (Å²) in [6.07, 6.45) is 0. The van der Waals surface area contributed by atoms with E-state index in [1.165, 1.54) is 24.3 Å². The normalized spacial score (nSPS) is 16.2. The number of hydrogen-bond acceptors (Lipinski definition) is 5. The Labute approximate surface area is 152 Å². The summed E-state index contributed by atoms with van der Waals surface area (Å²) >= 11 is 0. The van der Waals surface area contributed by atoms with Crippen LogP contribution >= 0.6 is 0 Å². The van der Waals surface area contributed by atoms with Crippen molar-refractivity contribution in [2.24, 2.45) is 0 Å². The van der Waals surface area contributed by atoms with Crippen molar-refractivity contribution in [1.82, 2.24) is 4.31 Å². The maximum Gasteiger partial charge on any atom is 0.243 e. The van der Waals surface area contributed by atoms with E-state index in [-0.39, 0.29) is 22.9 Å². The molecule has 9 heteroatoms. The first kappa shape index (κ1) is 18.8. The minimum Gasteiger partial charge on any atom is -0.494 e. The van der Waals surface area contributed by atoms with E-state index in [9.17, 15) is 21.2 Å². The van der Waals surface area contributed by atoms with Gasteiger partial charge in [0.25, 0.3) is 0 Å². The van der Waals surface area contributed by atoms with Crippen molar-refractivity contribution in [3.63, 3.8) is 0 Å². The molecule has 0 N–H and O–H groups in total. The molecule has 0 atom stereocenters. The van der Waals surface area contributed by atoms with E-state index >= 15 is 0 Å². The molecular formula is C17H18FNO5S2. The Hall–Kier alpha value is -1.97. The van der Waals surface area contributed by atoms with Gasteiger partial charge in [0, 0.05) is 13.1 Å². The summed E-state index contributed by atoms with van der Waals surface area (Å²) in [5, 5.41) is -0.842. The Bertz CT molecular complexity index is 980.